The predicted octanol–water partition coefficient (Wildman–Crippen LogP) is 4.94. The van der Waals surface area contributed by atoms with Crippen molar-refractivity contribution >= 4 is 17.5 Å². The molecule has 0 N–H and O–H groups in total. The fourth-order valence-electron chi connectivity index (χ4n) is 3.21. The molecule has 1 rings (SSSR count). The van der Waals surface area contributed by atoms with E-state index in [0.29, 0.717) is 19.3 Å². The molecule has 142 valence electrons. The number of carbonyl (C=O) groups excluding carboxylic acids is 3. The van der Waals surface area contributed by atoms with Gasteiger partial charge in [-0.1, -0.05) is 25.5 Å². The van der Waals surface area contributed by atoms with E-state index in [1.165, 1.54) is 5.57 Å². The third-order valence-electron chi connectivity index (χ3n) is 5.22. The molecular formula is C21H34O4. The van der Waals surface area contributed by atoms with Gasteiger partial charge in [0, 0.05) is 24.7 Å². The molecular weight excluding hydrogens is 316 g/mol. The van der Waals surface area contributed by atoms with E-state index in [9.17, 15) is 14.4 Å². The molecule has 0 aromatic carbocycles. The lowest BCUT2D eigenvalue weighted by Crippen LogP contribution is -2.24. The Morgan fingerprint density at radius 1 is 1.20 bits per heavy atom. The van der Waals surface area contributed by atoms with Crippen molar-refractivity contribution in [2.45, 2.75) is 98.0 Å². The first-order chi connectivity index (χ1) is 11.5. The largest absolute Gasteiger partial charge is 0.459 e. The van der Waals surface area contributed by atoms with Crippen LogP contribution in [0.5, 0.6) is 0 Å². The highest BCUT2D eigenvalue weighted by Gasteiger charge is 2.34. The fourth-order valence-corrected chi connectivity index (χ4v) is 3.21. The number of allylic oxidation sites excluding steroid dienone is 2. The molecule has 0 radical (unpaired) electrons. The van der Waals surface area contributed by atoms with E-state index in [-0.39, 0.29) is 28.6 Å². The smallest absolute Gasteiger partial charge is 0.306 e. The van der Waals surface area contributed by atoms with Crippen LogP contribution < -0.4 is 0 Å². The van der Waals surface area contributed by atoms with E-state index < -0.39 is 0 Å². The molecule has 25 heavy (non-hydrogen) atoms. The van der Waals surface area contributed by atoms with Gasteiger partial charge in [0.1, 0.15) is 17.2 Å². The first kappa shape index (κ1) is 21.6. The second-order valence-corrected chi connectivity index (χ2v) is 8.38. The van der Waals surface area contributed by atoms with Gasteiger partial charge in [0.05, 0.1) is 0 Å². The van der Waals surface area contributed by atoms with Crippen LogP contribution in [0.15, 0.2) is 11.6 Å². The van der Waals surface area contributed by atoms with Crippen molar-refractivity contribution in [2.24, 2.45) is 5.41 Å². The second kappa shape index (κ2) is 9.30. The van der Waals surface area contributed by atoms with Crippen LogP contribution in [0.25, 0.3) is 0 Å². The summed E-state index contributed by atoms with van der Waals surface area (Å²) < 4.78 is 5.38. The molecule has 1 saturated heterocycles. The van der Waals surface area contributed by atoms with Gasteiger partial charge in [0.25, 0.3) is 0 Å². The third kappa shape index (κ3) is 7.98. The Labute approximate surface area is 152 Å². The highest BCUT2D eigenvalue weighted by atomic mass is 16.6. The summed E-state index contributed by atoms with van der Waals surface area (Å²) in [6.45, 7) is 9.59. The Morgan fingerprint density at radius 2 is 1.88 bits per heavy atom. The summed E-state index contributed by atoms with van der Waals surface area (Å²) >= 11 is 0. The predicted molar refractivity (Wildman–Crippen MR) is 99.3 cm³/mol. The second-order valence-electron chi connectivity index (χ2n) is 8.38. The van der Waals surface area contributed by atoms with E-state index in [1.807, 2.05) is 20.8 Å². The van der Waals surface area contributed by atoms with Gasteiger partial charge < -0.3 is 9.53 Å². The van der Waals surface area contributed by atoms with Gasteiger partial charge in [0.15, 0.2) is 0 Å². The first-order valence-corrected chi connectivity index (χ1v) is 9.44. The Morgan fingerprint density at radius 3 is 2.44 bits per heavy atom. The van der Waals surface area contributed by atoms with E-state index in [1.54, 1.807) is 6.92 Å². The fraction of sp³-hybridized carbons (Fsp3) is 0.762. The number of carbonyl (C=O) groups is 3. The minimum Gasteiger partial charge on any atom is -0.459 e. The molecule has 0 spiro atoms. The lowest BCUT2D eigenvalue weighted by Gasteiger charge is -2.23. The highest BCUT2D eigenvalue weighted by molar-refractivity contribution is 5.84. The number of hydrogen-bond acceptors (Lipinski definition) is 4. The Bertz CT molecular complexity index is 530. The zero-order valence-electron chi connectivity index (χ0n) is 16.6. The number of hydrogen-bond donors (Lipinski definition) is 0. The molecule has 4 nitrogen and oxygen atoms in total. The van der Waals surface area contributed by atoms with Crippen molar-refractivity contribution in [3.8, 4) is 0 Å². The van der Waals surface area contributed by atoms with Gasteiger partial charge in [-0.3, -0.25) is 9.59 Å². The van der Waals surface area contributed by atoms with Gasteiger partial charge in [-0.25, -0.2) is 0 Å². The molecule has 0 aromatic heterocycles. The van der Waals surface area contributed by atoms with Crippen molar-refractivity contribution in [1.29, 1.82) is 0 Å². The van der Waals surface area contributed by atoms with Crippen LogP contribution in [0.4, 0.5) is 0 Å². The molecule has 0 bridgehead atoms. The zero-order chi connectivity index (χ0) is 19.1. The van der Waals surface area contributed by atoms with Crippen molar-refractivity contribution in [1.82, 2.24) is 0 Å². The molecule has 1 unspecified atom stereocenters. The number of rotatable bonds is 11. The molecule has 0 amide bonds. The Balaban J connectivity index is 2.33. The first-order valence-electron chi connectivity index (χ1n) is 9.44. The van der Waals surface area contributed by atoms with Crippen LogP contribution in [0.3, 0.4) is 0 Å². The Kier molecular flexibility index (Phi) is 8.04. The van der Waals surface area contributed by atoms with E-state index >= 15 is 0 Å². The summed E-state index contributed by atoms with van der Waals surface area (Å²) in [5, 5.41) is 0. The molecule has 1 atom stereocenters. The molecule has 1 aliphatic heterocycles. The van der Waals surface area contributed by atoms with E-state index in [2.05, 4.69) is 13.0 Å². The zero-order valence-corrected chi connectivity index (χ0v) is 16.6. The monoisotopic (exact) mass is 350 g/mol. The Hall–Kier alpha value is -1.45. The molecule has 0 aliphatic carbocycles. The number of ether oxygens (including phenoxy) is 1. The van der Waals surface area contributed by atoms with E-state index in [0.717, 1.165) is 38.5 Å². The van der Waals surface area contributed by atoms with Crippen molar-refractivity contribution in [2.75, 3.05) is 0 Å². The van der Waals surface area contributed by atoms with Gasteiger partial charge in [-0.2, -0.15) is 0 Å². The summed E-state index contributed by atoms with van der Waals surface area (Å²) in [4.78, 5) is 34.7. The van der Waals surface area contributed by atoms with Crippen LogP contribution >= 0.6 is 0 Å². The molecule has 1 fully saturated rings. The maximum atomic E-state index is 12.4. The van der Waals surface area contributed by atoms with Crippen molar-refractivity contribution in [3.05, 3.63) is 11.6 Å². The number of Topliss-reactive ketones (excluding diaryl/α,β-unsaturated/α-hetero) is 2. The summed E-state index contributed by atoms with van der Waals surface area (Å²) in [7, 11) is 0. The quantitative estimate of drug-likeness (QED) is 0.391. The lowest BCUT2D eigenvalue weighted by atomic mass is 9.80. The van der Waals surface area contributed by atoms with Crippen LogP contribution in [0.2, 0.25) is 0 Å². The average molecular weight is 350 g/mol. The van der Waals surface area contributed by atoms with Crippen LogP contribution in [0, 0.1) is 5.41 Å². The number of esters is 1. The van der Waals surface area contributed by atoms with Gasteiger partial charge in [-0.05, 0) is 59.3 Å². The summed E-state index contributed by atoms with van der Waals surface area (Å²) in [6.07, 6.45) is 8.59. The van der Waals surface area contributed by atoms with Gasteiger partial charge in [-0.15, -0.1) is 0 Å². The summed E-state index contributed by atoms with van der Waals surface area (Å²) in [5.41, 5.74) is 0.532. The molecule has 0 aromatic rings. The number of ketones is 2. The van der Waals surface area contributed by atoms with E-state index in [4.69, 9.17) is 4.74 Å². The molecule has 0 saturated carbocycles. The van der Waals surface area contributed by atoms with Crippen LogP contribution in [-0.2, 0) is 19.1 Å². The maximum absolute atomic E-state index is 12.4. The van der Waals surface area contributed by atoms with Crippen molar-refractivity contribution in [3.63, 3.8) is 0 Å². The highest BCUT2D eigenvalue weighted by Crippen LogP contribution is 2.31. The topological polar surface area (TPSA) is 60.4 Å². The maximum Gasteiger partial charge on any atom is 0.306 e. The van der Waals surface area contributed by atoms with Crippen molar-refractivity contribution < 1.29 is 19.1 Å². The lowest BCUT2D eigenvalue weighted by molar-refractivity contribution is -0.147. The standard InChI is InChI=1S/C21H34O4/c1-16(8-6-14-21(5)15-12-19(24)25-21)10-11-18(23)20(3,4)13-7-9-17(2)22/h8H,6-7,9-15H2,1-5H3. The van der Waals surface area contributed by atoms with Crippen LogP contribution in [-0.4, -0.2) is 23.1 Å². The summed E-state index contributed by atoms with van der Waals surface area (Å²) in [6, 6.07) is 0. The minimum absolute atomic E-state index is 0.0965. The normalized spacial score (nSPS) is 21.3. The molecule has 1 aliphatic rings. The minimum atomic E-state index is -0.360. The SMILES string of the molecule is CC(=O)CCCC(C)(C)C(=O)CCC(C)=CCCC1(C)CCC(=O)O1. The molecule has 1 heterocycles. The molecule has 4 heteroatoms. The summed E-state index contributed by atoms with van der Waals surface area (Å²) in [5.74, 6) is 0.352. The number of cyclic esters (lactones) is 1. The average Bonchev–Trinajstić information content (AvgIpc) is 2.83. The van der Waals surface area contributed by atoms with Gasteiger partial charge >= 0.3 is 5.97 Å². The van der Waals surface area contributed by atoms with Crippen LogP contribution in [0.1, 0.15) is 92.4 Å². The van der Waals surface area contributed by atoms with Gasteiger partial charge in [0.2, 0.25) is 0 Å². The third-order valence-corrected chi connectivity index (χ3v) is 5.22.